The average Bonchev–Trinajstić information content (AvgIpc) is 2.77. The first-order valence-electron chi connectivity index (χ1n) is 9.23. The smallest absolute Gasteiger partial charge is 0.326 e. The third-order valence-electron chi connectivity index (χ3n) is 4.36. The Morgan fingerprint density at radius 1 is 0.793 bits per heavy atom. The second-order valence-electron chi connectivity index (χ2n) is 6.56. The first-order valence-corrected chi connectivity index (χ1v) is 9.23. The van der Waals surface area contributed by atoms with Gasteiger partial charge < -0.3 is 10.1 Å². The average molecular weight is 387 g/mol. The van der Waals surface area contributed by atoms with Gasteiger partial charge in [0.05, 0.1) is 0 Å². The second-order valence-corrected chi connectivity index (χ2v) is 6.56. The minimum absolute atomic E-state index is 0.320. The molecule has 0 bridgehead atoms. The van der Waals surface area contributed by atoms with Gasteiger partial charge in [0.2, 0.25) is 5.78 Å². The summed E-state index contributed by atoms with van der Waals surface area (Å²) >= 11 is 0. The molecule has 3 rings (SSSR count). The zero-order valence-electron chi connectivity index (χ0n) is 16.0. The molecule has 5 nitrogen and oxygen atoms in total. The SMILES string of the molecule is Cc1ccc(C(=O)[C@@H](OC(=O)CNC(=O)c2ccccc2)c2ccccc2)cc1. The maximum absolute atomic E-state index is 13.0. The summed E-state index contributed by atoms with van der Waals surface area (Å²) in [6.07, 6.45) is -1.08. The van der Waals surface area contributed by atoms with Crippen molar-refractivity contribution in [2.45, 2.75) is 13.0 Å². The van der Waals surface area contributed by atoms with E-state index in [0.29, 0.717) is 16.7 Å². The summed E-state index contributed by atoms with van der Waals surface area (Å²) in [6.45, 7) is 1.59. The number of amides is 1. The number of rotatable bonds is 7. The molecule has 5 heteroatoms. The first-order chi connectivity index (χ1) is 14.0. The van der Waals surface area contributed by atoms with Crippen molar-refractivity contribution >= 4 is 17.7 Å². The van der Waals surface area contributed by atoms with Crippen molar-refractivity contribution in [2.24, 2.45) is 0 Å². The van der Waals surface area contributed by atoms with Crippen molar-refractivity contribution in [3.63, 3.8) is 0 Å². The monoisotopic (exact) mass is 387 g/mol. The Hall–Kier alpha value is -3.73. The van der Waals surface area contributed by atoms with Crippen molar-refractivity contribution in [1.29, 1.82) is 0 Å². The van der Waals surface area contributed by atoms with Crippen LogP contribution in [0, 0.1) is 6.92 Å². The molecule has 1 N–H and O–H groups in total. The molecule has 0 spiro atoms. The minimum atomic E-state index is -1.08. The molecular formula is C24H21NO4. The number of hydrogen-bond acceptors (Lipinski definition) is 4. The molecule has 0 saturated heterocycles. The third kappa shape index (κ3) is 5.39. The molecule has 3 aromatic carbocycles. The van der Waals surface area contributed by atoms with Gasteiger partial charge in [-0.15, -0.1) is 0 Å². The van der Waals surface area contributed by atoms with E-state index in [0.717, 1.165) is 5.56 Å². The van der Waals surface area contributed by atoms with Crippen LogP contribution < -0.4 is 5.32 Å². The lowest BCUT2D eigenvalue weighted by atomic mass is 9.99. The van der Waals surface area contributed by atoms with Crippen LogP contribution in [0.4, 0.5) is 0 Å². The Labute approximate surface area is 169 Å². The molecule has 0 saturated carbocycles. The van der Waals surface area contributed by atoms with E-state index in [2.05, 4.69) is 5.32 Å². The van der Waals surface area contributed by atoms with E-state index in [1.165, 1.54) is 0 Å². The zero-order chi connectivity index (χ0) is 20.6. The number of carbonyl (C=O) groups is 3. The summed E-state index contributed by atoms with van der Waals surface area (Å²) in [7, 11) is 0. The van der Waals surface area contributed by atoms with Crippen LogP contribution in [-0.4, -0.2) is 24.2 Å². The number of Topliss-reactive ketones (excluding diaryl/α,β-unsaturated/α-hetero) is 1. The number of benzene rings is 3. The van der Waals surface area contributed by atoms with Crippen molar-refractivity contribution in [1.82, 2.24) is 5.32 Å². The molecule has 1 atom stereocenters. The topological polar surface area (TPSA) is 72.5 Å². The third-order valence-corrected chi connectivity index (χ3v) is 4.36. The van der Waals surface area contributed by atoms with Crippen LogP contribution in [0.3, 0.4) is 0 Å². The van der Waals surface area contributed by atoms with E-state index in [1.807, 2.05) is 25.1 Å². The van der Waals surface area contributed by atoms with Crippen molar-refractivity contribution in [2.75, 3.05) is 6.54 Å². The summed E-state index contributed by atoms with van der Waals surface area (Å²) < 4.78 is 5.47. The highest BCUT2D eigenvalue weighted by molar-refractivity contribution is 6.01. The standard InChI is InChI=1S/C24H21NO4/c1-17-12-14-18(15-13-17)22(27)23(19-8-4-2-5-9-19)29-21(26)16-25-24(28)20-10-6-3-7-11-20/h2-15,23H,16H2,1H3,(H,25,28)/t23-/m0/s1. The van der Waals surface area contributed by atoms with Crippen molar-refractivity contribution < 1.29 is 19.1 Å². The van der Waals surface area contributed by atoms with Crippen LogP contribution in [0.5, 0.6) is 0 Å². The molecule has 146 valence electrons. The molecule has 0 unspecified atom stereocenters. The number of carbonyl (C=O) groups excluding carboxylic acids is 3. The van der Waals surface area contributed by atoms with Crippen LogP contribution >= 0.6 is 0 Å². The molecular weight excluding hydrogens is 366 g/mol. The summed E-state index contributed by atoms with van der Waals surface area (Å²) in [5.41, 5.74) is 2.49. The molecule has 0 radical (unpaired) electrons. The molecule has 1 amide bonds. The van der Waals surface area contributed by atoms with Crippen LogP contribution in [0.15, 0.2) is 84.9 Å². The summed E-state index contributed by atoms with van der Waals surface area (Å²) in [4.78, 5) is 37.5. The predicted molar refractivity (Wildman–Crippen MR) is 110 cm³/mol. The highest BCUT2D eigenvalue weighted by Gasteiger charge is 2.26. The normalized spacial score (nSPS) is 11.3. The quantitative estimate of drug-likeness (QED) is 0.493. The van der Waals surface area contributed by atoms with Gasteiger partial charge >= 0.3 is 5.97 Å². The molecule has 29 heavy (non-hydrogen) atoms. The highest BCUT2D eigenvalue weighted by Crippen LogP contribution is 2.23. The lowest BCUT2D eigenvalue weighted by Gasteiger charge is -2.18. The maximum atomic E-state index is 13.0. The number of aryl methyl sites for hydroxylation is 1. The summed E-state index contributed by atoms with van der Waals surface area (Å²) in [6, 6.07) is 24.5. The predicted octanol–water partition coefficient (Wildman–Crippen LogP) is 3.89. The maximum Gasteiger partial charge on any atom is 0.326 e. The van der Waals surface area contributed by atoms with Gasteiger partial charge in [-0.3, -0.25) is 14.4 Å². The van der Waals surface area contributed by atoms with Gasteiger partial charge in [0, 0.05) is 16.7 Å². The molecule has 0 fully saturated rings. The van der Waals surface area contributed by atoms with Crippen LogP contribution in [0.1, 0.15) is 37.9 Å². The molecule has 0 aromatic heterocycles. The fourth-order valence-corrected chi connectivity index (χ4v) is 2.79. The molecule has 3 aromatic rings. The highest BCUT2D eigenvalue weighted by atomic mass is 16.5. The molecule has 0 aliphatic heterocycles. The Morgan fingerprint density at radius 2 is 1.38 bits per heavy atom. The van der Waals surface area contributed by atoms with Gasteiger partial charge in [-0.2, -0.15) is 0 Å². The van der Waals surface area contributed by atoms with E-state index in [9.17, 15) is 14.4 Å². The summed E-state index contributed by atoms with van der Waals surface area (Å²) in [5.74, 6) is -1.40. The first kappa shape index (κ1) is 20.0. The second kappa shape index (κ2) is 9.46. The number of esters is 1. The van der Waals surface area contributed by atoms with E-state index in [1.54, 1.807) is 66.7 Å². The minimum Gasteiger partial charge on any atom is -0.448 e. The Morgan fingerprint density at radius 3 is 2.00 bits per heavy atom. The van der Waals surface area contributed by atoms with Crippen LogP contribution in [0.2, 0.25) is 0 Å². The van der Waals surface area contributed by atoms with Crippen molar-refractivity contribution in [3.05, 3.63) is 107 Å². The van der Waals surface area contributed by atoms with Crippen molar-refractivity contribution in [3.8, 4) is 0 Å². The van der Waals surface area contributed by atoms with Gasteiger partial charge in [0.1, 0.15) is 6.54 Å². The van der Waals surface area contributed by atoms with Crippen LogP contribution in [-0.2, 0) is 9.53 Å². The lowest BCUT2D eigenvalue weighted by molar-refractivity contribution is -0.146. The lowest BCUT2D eigenvalue weighted by Crippen LogP contribution is -2.32. The summed E-state index contributed by atoms with van der Waals surface area (Å²) in [5, 5.41) is 2.52. The number of ketones is 1. The Bertz CT molecular complexity index is 982. The fourth-order valence-electron chi connectivity index (χ4n) is 2.79. The van der Waals surface area contributed by atoms with Crippen LogP contribution in [0.25, 0.3) is 0 Å². The van der Waals surface area contributed by atoms with E-state index in [-0.39, 0.29) is 18.2 Å². The van der Waals surface area contributed by atoms with E-state index in [4.69, 9.17) is 4.74 Å². The number of ether oxygens (including phenoxy) is 1. The molecule has 0 aliphatic carbocycles. The van der Waals surface area contributed by atoms with Gasteiger partial charge in [0.15, 0.2) is 6.10 Å². The number of hydrogen-bond donors (Lipinski definition) is 1. The Balaban J connectivity index is 1.71. The molecule has 0 aliphatic rings. The van der Waals surface area contributed by atoms with E-state index >= 15 is 0 Å². The van der Waals surface area contributed by atoms with E-state index < -0.39 is 12.1 Å². The van der Waals surface area contributed by atoms with Gasteiger partial charge in [-0.05, 0) is 19.1 Å². The van der Waals surface area contributed by atoms with Gasteiger partial charge in [0.25, 0.3) is 5.91 Å². The Kier molecular flexibility index (Phi) is 6.53. The zero-order valence-corrected chi connectivity index (χ0v) is 16.0. The van der Waals surface area contributed by atoms with Gasteiger partial charge in [-0.1, -0.05) is 78.4 Å². The fraction of sp³-hybridized carbons (Fsp3) is 0.125. The molecule has 0 heterocycles. The van der Waals surface area contributed by atoms with Gasteiger partial charge in [-0.25, -0.2) is 0 Å². The largest absolute Gasteiger partial charge is 0.448 e. The number of nitrogens with one attached hydrogen (secondary N) is 1.